The van der Waals surface area contributed by atoms with Crippen molar-refractivity contribution in [3.8, 4) is 0 Å². The lowest BCUT2D eigenvalue weighted by Crippen LogP contribution is -2.28. The van der Waals surface area contributed by atoms with Crippen molar-refractivity contribution in [2.75, 3.05) is 13.2 Å². The van der Waals surface area contributed by atoms with Crippen LogP contribution in [-0.2, 0) is 4.74 Å². The van der Waals surface area contributed by atoms with E-state index in [-0.39, 0.29) is 12.6 Å². The summed E-state index contributed by atoms with van der Waals surface area (Å²) in [6.45, 7) is -0.994. The maximum absolute atomic E-state index is 11.7. The highest BCUT2D eigenvalue weighted by Gasteiger charge is 2.27. The molecule has 0 aromatic heterocycles. The van der Waals surface area contributed by atoms with Gasteiger partial charge < -0.3 is 10.5 Å². The summed E-state index contributed by atoms with van der Waals surface area (Å²) in [6.07, 6.45) is 1.99. The Hall–Kier alpha value is -0.290. The van der Waals surface area contributed by atoms with Gasteiger partial charge in [0.25, 0.3) is 0 Å². The fourth-order valence-electron chi connectivity index (χ4n) is 2.23. The normalized spacial score (nSPS) is 20.2. The zero-order chi connectivity index (χ0) is 12.0. The zero-order valence-corrected chi connectivity index (χ0v) is 9.43. The lowest BCUT2D eigenvalue weighted by molar-refractivity contribution is -0.174. The lowest BCUT2D eigenvalue weighted by Gasteiger charge is -2.18. The molecule has 0 amide bonds. The minimum absolute atomic E-state index is 0.136. The number of halogens is 3. The molecule has 2 N–H and O–H groups in total. The molecule has 0 aromatic rings. The van der Waals surface area contributed by atoms with Gasteiger partial charge in [-0.15, -0.1) is 0 Å². The number of hydrogen-bond donors (Lipinski definition) is 1. The maximum Gasteiger partial charge on any atom is 0.411 e. The standard InChI is InChI=1S/C11H20F3NO/c12-11(13,14)8-16-7-3-6-10(15)9-4-1-2-5-9/h9-10H,1-8,15H2. The number of rotatable bonds is 6. The van der Waals surface area contributed by atoms with Crippen molar-refractivity contribution in [1.82, 2.24) is 0 Å². The molecular formula is C11H20F3NO. The van der Waals surface area contributed by atoms with Crippen molar-refractivity contribution in [2.45, 2.75) is 50.7 Å². The summed E-state index contributed by atoms with van der Waals surface area (Å²) in [5.74, 6) is 0.572. The molecule has 1 atom stereocenters. The fraction of sp³-hybridized carbons (Fsp3) is 1.00. The summed E-state index contributed by atoms with van der Waals surface area (Å²) < 4.78 is 39.7. The van der Waals surface area contributed by atoms with E-state index in [4.69, 9.17) is 5.73 Å². The van der Waals surface area contributed by atoms with Crippen LogP contribution < -0.4 is 5.73 Å². The van der Waals surface area contributed by atoms with Crippen LogP contribution in [0.4, 0.5) is 13.2 Å². The SMILES string of the molecule is NC(CCCOCC(F)(F)F)C1CCCC1. The highest BCUT2D eigenvalue weighted by Crippen LogP contribution is 2.28. The van der Waals surface area contributed by atoms with Gasteiger partial charge >= 0.3 is 6.18 Å². The first-order chi connectivity index (χ1) is 7.49. The zero-order valence-electron chi connectivity index (χ0n) is 9.43. The van der Waals surface area contributed by atoms with Gasteiger partial charge in [0.1, 0.15) is 6.61 Å². The van der Waals surface area contributed by atoms with Crippen molar-refractivity contribution in [1.29, 1.82) is 0 Å². The van der Waals surface area contributed by atoms with Gasteiger partial charge in [0, 0.05) is 12.6 Å². The molecule has 0 heterocycles. The monoisotopic (exact) mass is 239 g/mol. The summed E-state index contributed by atoms with van der Waals surface area (Å²) in [6, 6.07) is 0.136. The Balaban J connectivity index is 1.98. The lowest BCUT2D eigenvalue weighted by atomic mass is 9.95. The van der Waals surface area contributed by atoms with E-state index in [9.17, 15) is 13.2 Å². The largest absolute Gasteiger partial charge is 0.411 e. The number of alkyl halides is 3. The molecular weight excluding hydrogens is 219 g/mol. The van der Waals surface area contributed by atoms with Crippen molar-refractivity contribution in [3.63, 3.8) is 0 Å². The number of hydrogen-bond acceptors (Lipinski definition) is 2. The average molecular weight is 239 g/mol. The molecule has 0 saturated heterocycles. The van der Waals surface area contributed by atoms with Crippen LogP contribution in [0, 0.1) is 5.92 Å². The number of nitrogens with two attached hydrogens (primary N) is 1. The molecule has 1 aliphatic carbocycles. The van der Waals surface area contributed by atoms with Gasteiger partial charge in [0.2, 0.25) is 0 Å². The first-order valence-electron chi connectivity index (χ1n) is 5.89. The van der Waals surface area contributed by atoms with Crippen LogP contribution >= 0.6 is 0 Å². The molecule has 0 bridgehead atoms. The van der Waals surface area contributed by atoms with Crippen LogP contribution in [0.1, 0.15) is 38.5 Å². The van der Waals surface area contributed by atoms with Crippen LogP contribution in [0.5, 0.6) is 0 Å². The van der Waals surface area contributed by atoms with Crippen molar-refractivity contribution < 1.29 is 17.9 Å². The maximum atomic E-state index is 11.7. The third kappa shape index (κ3) is 5.70. The van der Waals surface area contributed by atoms with Crippen molar-refractivity contribution >= 4 is 0 Å². The molecule has 1 aliphatic rings. The van der Waals surface area contributed by atoms with E-state index in [0.29, 0.717) is 12.3 Å². The van der Waals surface area contributed by atoms with Crippen molar-refractivity contribution in [2.24, 2.45) is 11.7 Å². The Bertz CT molecular complexity index is 190. The quantitative estimate of drug-likeness (QED) is 0.723. The minimum atomic E-state index is -4.21. The van der Waals surface area contributed by atoms with Crippen LogP contribution in [-0.4, -0.2) is 25.4 Å². The Morgan fingerprint density at radius 2 is 1.88 bits per heavy atom. The van der Waals surface area contributed by atoms with Crippen LogP contribution in [0.25, 0.3) is 0 Å². The summed E-state index contributed by atoms with van der Waals surface area (Å²) in [7, 11) is 0. The minimum Gasteiger partial charge on any atom is -0.372 e. The van der Waals surface area contributed by atoms with Gasteiger partial charge in [0.05, 0.1) is 0 Å². The van der Waals surface area contributed by atoms with Gasteiger partial charge in [-0.2, -0.15) is 13.2 Å². The predicted octanol–water partition coefficient (Wildman–Crippen LogP) is 2.86. The molecule has 2 nitrogen and oxygen atoms in total. The first kappa shape index (κ1) is 13.8. The van der Waals surface area contributed by atoms with Gasteiger partial charge in [-0.3, -0.25) is 0 Å². The van der Waals surface area contributed by atoms with E-state index >= 15 is 0 Å². The Kier molecular flexibility index (Phi) is 5.55. The van der Waals surface area contributed by atoms with Gasteiger partial charge in [-0.25, -0.2) is 0 Å². The summed E-state index contributed by atoms with van der Waals surface area (Å²) >= 11 is 0. The van der Waals surface area contributed by atoms with E-state index < -0.39 is 12.8 Å². The second-order valence-electron chi connectivity index (χ2n) is 4.52. The van der Waals surface area contributed by atoms with Gasteiger partial charge in [0.15, 0.2) is 0 Å². The molecule has 0 aliphatic heterocycles. The third-order valence-electron chi connectivity index (χ3n) is 3.10. The van der Waals surface area contributed by atoms with Crippen LogP contribution in [0.3, 0.4) is 0 Å². The van der Waals surface area contributed by atoms with Crippen LogP contribution in [0.15, 0.2) is 0 Å². The van der Waals surface area contributed by atoms with E-state index in [2.05, 4.69) is 4.74 Å². The first-order valence-corrected chi connectivity index (χ1v) is 5.89. The average Bonchev–Trinajstić information content (AvgIpc) is 2.67. The Morgan fingerprint density at radius 3 is 2.44 bits per heavy atom. The van der Waals surface area contributed by atoms with E-state index in [0.717, 1.165) is 6.42 Å². The Labute approximate surface area is 94.3 Å². The second kappa shape index (κ2) is 6.45. The molecule has 16 heavy (non-hydrogen) atoms. The Morgan fingerprint density at radius 1 is 1.25 bits per heavy atom. The summed E-state index contributed by atoms with van der Waals surface area (Å²) in [4.78, 5) is 0. The summed E-state index contributed by atoms with van der Waals surface area (Å²) in [5.41, 5.74) is 5.97. The smallest absolute Gasteiger partial charge is 0.372 e. The molecule has 0 aromatic carbocycles. The third-order valence-corrected chi connectivity index (χ3v) is 3.10. The molecule has 1 saturated carbocycles. The molecule has 5 heteroatoms. The highest BCUT2D eigenvalue weighted by atomic mass is 19.4. The molecule has 96 valence electrons. The second-order valence-corrected chi connectivity index (χ2v) is 4.52. The molecule has 0 radical (unpaired) electrons. The predicted molar refractivity (Wildman–Crippen MR) is 56.0 cm³/mol. The van der Waals surface area contributed by atoms with E-state index in [1.54, 1.807) is 0 Å². The molecule has 1 rings (SSSR count). The molecule has 1 fully saturated rings. The van der Waals surface area contributed by atoms with Gasteiger partial charge in [-0.05, 0) is 31.6 Å². The summed E-state index contributed by atoms with van der Waals surface area (Å²) in [5, 5.41) is 0. The molecule has 0 spiro atoms. The number of ether oxygens (including phenoxy) is 1. The molecule has 1 unspecified atom stereocenters. The fourth-order valence-corrected chi connectivity index (χ4v) is 2.23. The van der Waals surface area contributed by atoms with Gasteiger partial charge in [-0.1, -0.05) is 12.8 Å². The van der Waals surface area contributed by atoms with Crippen LogP contribution in [0.2, 0.25) is 0 Å². The van der Waals surface area contributed by atoms with E-state index in [1.807, 2.05) is 0 Å². The topological polar surface area (TPSA) is 35.2 Å². The van der Waals surface area contributed by atoms with E-state index in [1.165, 1.54) is 25.7 Å². The highest BCUT2D eigenvalue weighted by molar-refractivity contribution is 4.77. The van der Waals surface area contributed by atoms with Crippen molar-refractivity contribution in [3.05, 3.63) is 0 Å².